The van der Waals surface area contributed by atoms with Crippen molar-refractivity contribution in [2.45, 2.75) is 19.0 Å². The van der Waals surface area contributed by atoms with E-state index >= 15 is 0 Å². The predicted octanol–water partition coefficient (Wildman–Crippen LogP) is 1.57. The fourth-order valence-electron chi connectivity index (χ4n) is 2.39. The van der Waals surface area contributed by atoms with E-state index in [0.29, 0.717) is 0 Å². The van der Waals surface area contributed by atoms with Crippen molar-refractivity contribution in [1.29, 1.82) is 0 Å². The Kier molecular flexibility index (Phi) is 3.23. The van der Waals surface area contributed by atoms with E-state index in [-0.39, 0.29) is 24.7 Å². The molecule has 0 aliphatic carbocycles. The van der Waals surface area contributed by atoms with Gasteiger partial charge in [-0.05, 0) is 12.5 Å². The van der Waals surface area contributed by atoms with Crippen molar-refractivity contribution in [2.75, 3.05) is 13.6 Å². The molecule has 5 heteroatoms. The van der Waals surface area contributed by atoms with Crippen LogP contribution in [0.1, 0.15) is 18.5 Å². The van der Waals surface area contributed by atoms with Crippen LogP contribution >= 0.6 is 0 Å². The second-order valence-electron chi connectivity index (χ2n) is 4.51. The summed E-state index contributed by atoms with van der Waals surface area (Å²) in [4.78, 5) is 25.9. The van der Waals surface area contributed by atoms with Crippen LogP contribution in [-0.4, -0.2) is 46.5 Å². The Morgan fingerprint density at radius 3 is 2.50 bits per heavy atom. The number of likely N-dealkylation sites (N-methyl/N-ethyl adjacent to an activating group) is 1. The molecule has 1 N–H and O–H groups in total. The summed E-state index contributed by atoms with van der Waals surface area (Å²) in [5.41, 5.74) is 0.962. The first-order chi connectivity index (χ1) is 8.52. The van der Waals surface area contributed by atoms with Gasteiger partial charge in [-0.25, -0.2) is 4.79 Å². The Morgan fingerprint density at radius 2 is 1.94 bits per heavy atom. The Balaban J connectivity index is 2.35. The zero-order valence-electron chi connectivity index (χ0n) is 10.4. The average molecular weight is 248 g/mol. The minimum atomic E-state index is -0.994. The largest absolute Gasteiger partial charge is 0.480 e. The second-order valence-corrected chi connectivity index (χ2v) is 4.51. The molecule has 0 spiro atoms. The van der Waals surface area contributed by atoms with Crippen LogP contribution in [-0.2, 0) is 4.79 Å². The third kappa shape index (κ3) is 2.03. The van der Waals surface area contributed by atoms with E-state index in [4.69, 9.17) is 5.11 Å². The summed E-state index contributed by atoms with van der Waals surface area (Å²) in [5, 5.41) is 8.92. The van der Waals surface area contributed by atoms with Crippen molar-refractivity contribution in [2.24, 2.45) is 0 Å². The Hall–Kier alpha value is -2.04. The van der Waals surface area contributed by atoms with Crippen molar-refractivity contribution >= 4 is 12.0 Å². The predicted molar refractivity (Wildman–Crippen MR) is 66.1 cm³/mol. The zero-order valence-corrected chi connectivity index (χ0v) is 10.4. The molecule has 2 amide bonds. The first-order valence-corrected chi connectivity index (χ1v) is 5.82. The van der Waals surface area contributed by atoms with Crippen LogP contribution < -0.4 is 0 Å². The summed E-state index contributed by atoms with van der Waals surface area (Å²) in [6.07, 6.45) is 0. The molecule has 1 heterocycles. The zero-order chi connectivity index (χ0) is 13.3. The van der Waals surface area contributed by atoms with E-state index < -0.39 is 5.97 Å². The SMILES string of the molecule is C[C@H]1[C@@H](c2ccccc2)N(CC(=O)O)C(=O)N1C. The smallest absolute Gasteiger partial charge is 0.323 e. The number of carbonyl (C=O) groups excluding carboxylic acids is 1. The molecule has 1 aromatic carbocycles. The third-order valence-corrected chi connectivity index (χ3v) is 3.40. The van der Waals surface area contributed by atoms with Crippen LogP contribution in [0.5, 0.6) is 0 Å². The van der Waals surface area contributed by atoms with Gasteiger partial charge in [-0.2, -0.15) is 0 Å². The third-order valence-electron chi connectivity index (χ3n) is 3.40. The molecule has 0 unspecified atom stereocenters. The van der Waals surface area contributed by atoms with Crippen LogP contribution in [0.2, 0.25) is 0 Å². The summed E-state index contributed by atoms with van der Waals surface area (Å²) in [6, 6.07) is 9.03. The normalized spacial score (nSPS) is 23.6. The number of hydrogen-bond acceptors (Lipinski definition) is 2. The van der Waals surface area contributed by atoms with Crippen molar-refractivity contribution in [3.63, 3.8) is 0 Å². The molecule has 0 aromatic heterocycles. The van der Waals surface area contributed by atoms with E-state index in [1.54, 1.807) is 11.9 Å². The van der Waals surface area contributed by atoms with Crippen molar-refractivity contribution in [3.05, 3.63) is 35.9 Å². The van der Waals surface area contributed by atoms with Gasteiger partial charge in [0, 0.05) is 7.05 Å². The Bertz CT molecular complexity index is 461. The Labute approximate surface area is 106 Å². The van der Waals surface area contributed by atoms with Crippen LogP contribution in [0.3, 0.4) is 0 Å². The maximum Gasteiger partial charge on any atom is 0.323 e. The lowest BCUT2D eigenvalue weighted by atomic mass is 10.0. The molecule has 18 heavy (non-hydrogen) atoms. The molecule has 2 atom stereocenters. The fraction of sp³-hybridized carbons (Fsp3) is 0.385. The number of amides is 2. The van der Waals surface area contributed by atoms with Crippen molar-refractivity contribution in [1.82, 2.24) is 9.80 Å². The highest BCUT2D eigenvalue weighted by Crippen LogP contribution is 2.33. The highest BCUT2D eigenvalue weighted by Gasteiger charge is 2.42. The van der Waals surface area contributed by atoms with Gasteiger partial charge in [-0.3, -0.25) is 4.79 Å². The number of rotatable bonds is 3. The summed E-state index contributed by atoms with van der Waals surface area (Å²) < 4.78 is 0. The second kappa shape index (κ2) is 4.68. The van der Waals surface area contributed by atoms with E-state index in [1.165, 1.54) is 4.90 Å². The minimum Gasteiger partial charge on any atom is -0.480 e. The van der Waals surface area contributed by atoms with Gasteiger partial charge in [0.1, 0.15) is 6.54 Å². The lowest BCUT2D eigenvalue weighted by Gasteiger charge is -2.24. The molecule has 2 rings (SSSR count). The molecule has 1 aliphatic heterocycles. The van der Waals surface area contributed by atoms with Gasteiger partial charge in [0.25, 0.3) is 0 Å². The van der Waals surface area contributed by atoms with Gasteiger partial charge in [0.15, 0.2) is 0 Å². The standard InChI is InChI=1S/C13H16N2O3/c1-9-12(10-6-4-3-5-7-10)15(8-11(16)17)13(18)14(9)2/h3-7,9,12H,8H2,1-2H3,(H,16,17)/t9-,12-/m0/s1. The quantitative estimate of drug-likeness (QED) is 0.883. The number of nitrogens with zero attached hydrogens (tertiary/aromatic N) is 2. The molecule has 1 aromatic rings. The molecule has 1 fully saturated rings. The number of carboxylic acids is 1. The first-order valence-electron chi connectivity index (χ1n) is 5.82. The van der Waals surface area contributed by atoms with Gasteiger partial charge >= 0.3 is 12.0 Å². The average Bonchev–Trinajstić information content (AvgIpc) is 2.55. The lowest BCUT2D eigenvalue weighted by molar-refractivity contribution is -0.137. The molecule has 1 aliphatic rings. The highest BCUT2D eigenvalue weighted by atomic mass is 16.4. The molecule has 1 saturated heterocycles. The summed E-state index contributed by atoms with van der Waals surface area (Å²) in [5.74, 6) is -0.994. The topological polar surface area (TPSA) is 60.9 Å². The summed E-state index contributed by atoms with van der Waals surface area (Å²) >= 11 is 0. The molecule has 5 nitrogen and oxygen atoms in total. The van der Waals surface area contributed by atoms with Gasteiger partial charge in [-0.15, -0.1) is 0 Å². The van der Waals surface area contributed by atoms with Crippen LogP contribution in [0, 0.1) is 0 Å². The maximum absolute atomic E-state index is 12.0. The maximum atomic E-state index is 12.0. The van der Waals surface area contributed by atoms with E-state index in [9.17, 15) is 9.59 Å². The molecular weight excluding hydrogens is 232 g/mol. The number of benzene rings is 1. The number of urea groups is 1. The lowest BCUT2D eigenvalue weighted by Crippen LogP contribution is -2.35. The molecule has 0 saturated carbocycles. The monoisotopic (exact) mass is 248 g/mol. The summed E-state index contributed by atoms with van der Waals surface area (Å²) in [7, 11) is 1.70. The number of carboxylic acid groups (broad SMARTS) is 1. The molecule has 0 radical (unpaired) electrons. The van der Waals surface area contributed by atoms with Gasteiger partial charge in [0.05, 0.1) is 12.1 Å². The minimum absolute atomic E-state index is 0.0424. The van der Waals surface area contributed by atoms with Crippen LogP contribution in [0.15, 0.2) is 30.3 Å². The van der Waals surface area contributed by atoms with Crippen molar-refractivity contribution < 1.29 is 14.7 Å². The first kappa shape index (κ1) is 12.4. The van der Waals surface area contributed by atoms with E-state index in [2.05, 4.69) is 0 Å². The summed E-state index contributed by atoms with van der Waals surface area (Å²) in [6.45, 7) is 1.66. The van der Waals surface area contributed by atoms with E-state index in [1.807, 2.05) is 37.3 Å². The van der Waals surface area contributed by atoms with Gasteiger partial charge < -0.3 is 14.9 Å². The molecule has 0 bridgehead atoms. The van der Waals surface area contributed by atoms with Crippen molar-refractivity contribution in [3.8, 4) is 0 Å². The number of aliphatic carboxylic acids is 1. The number of hydrogen-bond donors (Lipinski definition) is 1. The fourth-order valence-corrected chi connectivity index (χ4v) is 2.39. The number of carbonyl (C=O) groups is 2. The Morgan fingerprint density at radius 1 is 1.33 bits per heavy atom. The van der Waals surface area contributed by atoms with Gasteiger partial charge in [0.2, 0.25) is 0 Å². The molecule has 96 valence electrons. The van der Waals surface area contributed by atoms with Crippen LogP contribution in [0.25, 0.3) is 0 Å². The molecular formula is C13H16N2O3. The van der Waals surface area contributed by atoms with E-state index in [0.717, 1.165) is 5.56 Å². The van der Waals surface area contributed by atoms with Gasteiger partial charge in [-0.1, -0.05) is 30.3 Å². The highest BCUT2D eigenvalue weighted by molar-refractivity contribution is 5.82. The van der Waals surface area contributed by atoms with Crippen LogP contribution in [0.4, 0.5) is 4.79 Å².